The van der Waals surface area contributed by atoms with Gasteiger partial charge in [-0.3, -0.25) is 0 Å². The standard InChI is InChI=1S/C18H14N.C17H22NSi.Ir/c1-14-13-19-18(16-10-6-3-7-11-16)12-17(14)15-8-4-2-5-9-15;1-13(2)15-11-16(14-9-7-6-8-10-14)18-12-17(15)19(3,4)5;/h2-10,12-13H,1H3;6-9,11-13H,1-5H3;/q2*-1;. The minimum absolute atomic E-state index is 0. The molecule has 0 fully saturated rings. The van der Waals surface area contributed by atoms with Crippen LogP contribution in [0.5, 0.6) is 0 Å². The topological polar surface area (TPSA) is 25.8 Å². The Labute approximate surface area is 249 Å². The van der Waals surface area contributed by atoms with Crippen LogP contribution in [0, 0.1) is 19.1 Å². The summed E-state index contributed by atoms with van der Waals surface area (Å²) in [6.45, 7) is 13.8. The third kappa shape index (κ3) is 7.92. The number of rotatable bonds is 5. The van der Waals surface area contributed by atoms with Crippen LogP contribution in [-0.4, -0.2) is 18.0 Å². The van der Waals surface area contributed by atoms with Gasteiger partial charge >= 0.3 is 0 Å². The van der Waals surface area contributed by atoms with E-state index in [2.05, 4.69) is 111 Å². The number of aromatic nitrogens is 2. The van der Waals surface area contributed by atoms with Crippen molar-refractivity contribution in [1.29, 1.82) is 0 Å². The summed E-state index contributed by atoms with van der Waals surface area (Å²) in [5.74, 6) is 0.534. The van der Waals surface area contributed by atoms with E-state index >= 15 is 0 Å². The normalized spacial score (nSPS) is 10.8. The molecule has 0 unspecified atom stereocenters. The van der Waals surface area contributed by atoms with Crippen molar-refractivity contribution in [1.82, 2.24) is 9.97 Å². The van der Waals surface area contributed by atoms with Gasteiger partial charge in [0.2, 0.25) is 0 Å². The fourth-order valence-electron chi connectivity index (χ4n) is 4.43. The van der Waals surface area contributed by atoms with E-state index in [-0.39, 0.29) is 20.1 Å². The van der Waals surface area contributed by atoms with Crippen molar-refractivity contribution in [3.63, 3.8) is 0 Å². The largest absolute Gasteiger partial charge is 0.305 e. The molecule has 4 heteroatoms. The zero-order valence-electron chi connectivity index (χ0n) is 23.6. The predicted molar refractivity (Wildman–Crippen MR) is 164 cm³/mol. The van der Waals surface area contributed by atoms with Gasteiger partial charge in [0.1, 0.15) is 0 Å². The van der Waals surface area contributed by atoms with Crippen LogP contribution in [0.4, 0.5) is 0 Å². The fraction of sp³-hybridized carbons (Fsp3) is 0.200. The first kappa shape index (κ1) is 30.4. The number of hydrogen-bond donors (Lipinski definition) is 0. The molecule has 0 saturated heterocycles. The molecule has 0 amide bonds. The number of aryl methyl sites for hydroxylation is 1. The van der Waals surface area contributed by atoms with Crippen LogP contribution < -0.4 is 5.19 Å². The van der Waals surface area contributed by atoms with E-state index in [9.17, 15) is 0 Å². The molecule has 3 aromatic carbocycles. The molecule has 5 aromatic rings. The fourth-order valence-corrected chi connectivity index (χ4v) is 6.11. The smallest absolute Gasteiger partial charge is 0.0799 e. The Balaban J connectivity index is 0.000000210. The summed E-state index contributed by atoms with van der Waals surface area (Å²) in [6, 6.07) is 37.2. The summed E-state index contributed by atoms with van der Waals surface area (Å²) in [4.78, 5) is 9.17. The molecular formula is C35H36IrN2Si-2. The van der Waals surface area contributed by atoms with E-state index < -0.39 is 8.07 Å². The molecular weight excluding hydrogens is 669 g/mol. The van der Waals surface area contributed by atoms with Crippen molar-refractivity contribution < 1.29 is 20.1 Å². The number of hydrogen-bond acceptors (Lipinski definition) is 2. The quantitative estimate of drug-likeness (QED) is 0.135. The number of benzene rings is 3. The molecule has 39 heavy (non-hydrogen) atoms. The van der Waals surface area contributed by atoms with Crippen LogP contribution in [0.15, 0.2) is 103 Å². The molecule has 0 N–H and O–H groups in total. The predicted octanol–water partition coefficient (Wildman–Crippen LogP) is 8.74. The van der Waals surface area contributed by atoms with Gasteiger partial charge in [-0.1, -0.05) is 81.5 Å². The molecule has 201 valence electrons. The monoisotopic (exact) mass is 705 g/mol. The summed E-state index contributed by atoms with van der Waals surface area (Å²) < 4.78 is 0. The van der Waals surface area contributed by atoms with Crippen molar-refractivity contribution in [2.45, 2.75) is 46.3 Å². The third-order valence-corrected chi connectivity index (χ3v) is 8.56. The second-order valence-electron chi connectivity index (χ2n) is 10.9. The van der Waals surface area contributed by atoms with Gasteiger partial charge in [-0.15, -0.1) is 71.8 Å². The number of nitrogens with zero attached hydrogens (tertiary/aromatic N) is 2. The van der Waals surface area contributed by atoms with Crippen LogP contribution >= 0.6 is 0 Å². The van der Waals surface area contributed by atoms with E-state index in [0.29, 0.717) is 5.92 Å². The van der Waals surface area contributed by atoms with E-state index in [1.807, 2.05) is 54.7 Å². The van der Waals surface area contributed by atoms with Gasteiger partial charge in [-0.25, -0.2) is 0 Å². The average Bonchev–Trinajstić information content (AvgIpc) is 2.94. The van der Waals surface area contributed by atoms with E-state index in [0.717, 1.165) is 22.5 Å². The third-order valence-electron chi connectivity index (χ3n) is 6.52. The molecule has 2 aromatic heterocycles. The Hall–Kier alpha value is -3.17. The molecule has 0 aliphatic heterocycles. The van der Waals surface area contributed by atoms with Gasteiger partial charge in [0.25, 0.3) is 0 Å². The van der Waals surface area contributed by atoms with E-state index in [1.165, 1.54) is 27.4 Å². The summed E-state index contributed by atoms with van der Waals surface area (Å²) in [6.07, 6.45) is 4.02. The minimum atomic E-state index is -1.34. The maximum Gasteiger partial charge on any atom is 0.0799 e. The van der Waals surface area contributed by atoms with Crippen molar-refractivity contribution in [3.8, 4) is 33.6 Å². The molecule has 2 nitrogen and oxygen atoms in total. The first-order valence-corrected chi connectivity index (χ1v) is 16.7. The van der Waals surface area contributed by atoms with E-state index in [1.54, 1.807) is 0 Å². The molecule has 1 radical (unpaired) electrons. The molecule has 0 atom stereocenters. The maximum absolute atomic E-state index is 4.66. The first-order valence-electron chi connectivity index (χ1n) is 13.2. The van der Waals surface area contributed by atoms with Gasteiger partial charge in [0.05, 0.1) is 8.07 Å². The molecule has 2 heterocycles. The van der Waals surface area contributed by atoms with Gasteiger partial charge in [-0.05, 0) is 46.1 Å². The van der Waals surface area contributed by atoms with Crippen molar-refractivity contribution >= 4 is 13.3 Å². The van der Waals surface area contributed by atoms with Crippen LogP contribution in [0.1, 0.15) is 30.9 Å². The summed E-state index contributed by atoms with van der Waals surface area (Å²) in [5, 5.41) is 1.47. The van der Waals surface area contributed by atoms with Gasteiger partial charge in [-0.2, -0.15) is 0 Å². The van der Waals surface area contributed by atoms with Crippen molar-refractivity contribution in [2.75, 3.05) is 0 Å². The summed E-state index contributed by atoms with van der Waals surface area (Å²) in [7, 11) is -1.34. The Morgan fingerprint density at radius 1 is 0.692 bits per heavy atom. The minimum Gasteiger partial charge on any atom is -0.305 e. The zero-order chi connectivity index (χ0) is 27.1. The van der Waals surface area contributed by atoms with Gasteiger partial charge in [0, 0.05) is 32.5 Å². The summed E-state index contributed by atoms with van der Waals surface area (Å²) >= 11 is 0. The van der Waals surface area contributed by atoms with Crippen molar-refractivity contribution in [3.05, 3.63) is 127 Å². The Morgan fingerprint density at radius 3 is 1.74 bits per heavy atom. The molecule has 5 rings (SSSR count). The molecule has 0 bridgehead atoms. The Kier molecular flexibility index (Phi) is 10.7. The van der Waals surface area contributed by atoms with Gasteiger partial charge < -0.3 is 9.97 Å². The second kappa shape index (κ2) is 13.8. The SMILES string of the molecule is CC(C)c1cc(-c2[c-]cccc2)ncc1[Si](C)(C)C.Cc1cnc(-c2[c-]cccc2)cc1-c1ccccc1.[Ir]. The second-order valence-corrected chi connectivity index (χ2v) is 15.9. The van der Waals surface area contributed by atoms with Crippen molar-refractivity contribution in [2.24, 2.45) is 0 Å². The van der Waals surface area contributed by atoms with E-state index in [4.69, 9.17) is 0 Å². The van der Waals surface area contributed by atoms with Crippen LogP contribution in [0.2, 0.25) is 19.6 Å². The molecule has 0 aliphatic carbocycles. The summed E-state index contributed by atoms with van der Waals surface area (Å²) in [5.41, 5.74) is 9.18. The van der Waals surface area contributed by atoms with Crippen LogP contribution in [0.25, 0.3) is 33.6 Å². The Morgan fingerprint density at radius 2 is 1.23 bits per heavy atom. The van der Waals surface area contributed by atoms with Gasteiger partial charge in [0.15, 0.2) is 0 Å². The average molecular weight is 705 g/mol. The van der Waals surface area contributed by atoms with Crippen LogP contribution in [0.3, 0.4) is 0 Å². The maximum atomic E-state index is 4.66. The molecule has 0 saturated carbocycles. The van der Waals surface area contributed by atoms with Crippen LogP contribution in [-0.2, 0) is 20.1 Å². The molecule has 0 spiro atoms. The Bertz CT molecular complexity index is 1460. The first-order chi connectivity index (χ1) is 18.2. The molecule has 0 aliphatic rings. The zero-order valence-corrected chi connectivity index (χ0v) is 27.0. The number of pyridine rings is 2.